The second-order valence-electron chi connectivity index (χ2n) is 4.44. The molecule has 0 aliphatic heterocycles. The minimum atomic E-state index is 0.291. The normalized spacial score (nSPS) is 12.8. The van der Waals surface area contributed by atoms with Gasteiger partial charge in [0.2, 0.25) is 0 Å². The molecule has 1 heterocycles. The van der Waals surface area contributed by atoms with Gasteiger partial charge in [-0.2, -0.15) is 0 Å². The molecule has 0 saturated carbocycles. The highest BCUT2D eigenvalue weighted by atomic mass is 35.5. The molecule has 2 heteroatoms. The van der Waals surface area contributed by atoms with E-state index in [9.17, 15) is 0 Å². The number of aromatic nitrogens is 1. The van der Waals surface area contributed by atoms with Crippen molar-refractivity contribution in [3.63, 3.8) is 0 Å². The average molecular weight is 248 g/mol. The van der Waals surface area contributed by atoms with Gasteiger partial charge in [0.05, 0.1) is 0 Å². The molecule has 1 unspecified atom stereocenters. The zero-order valence-corrected chi connectivity index (χ0v) is 11.0. The Hall–Kier alpha value is -1.08. The van der Waals surface area contributed by atoms with E-state index in [0.29, 0.717) is 5.38 Å². The van der Waals surface area contributed by atoms with Crippen LogP contribution in [0.25, 0.3) is 10.8 Å². The van der Waals surface area contributed by atoms with E-state index in [0.717, 1.165) is 25.7 Å². The van der Waals surface area contributed by atoms with Crippen LogP contribution in [0.5, 0.6) is 0 Å². The van der Waals surface area contributed by atoms with Gasteiger partial charge < -0.3 is 0 Å². The predicted molar refractivity (Wildman–Crippen MR) is 74.6 cm³/mol. The van der Waals surface area contributed by atoms with E-state index in [1.807, 2.05) is 12.4 Å². The number of halogens is 1. The van der Waals surface area contributed by atoms with Gasteiger partial charge in [-0.1, -0.05) is 37.6 Å². The second-order valence-corrected chi connectivity index (χ2v) is 5.06. The van der Waals surface area contributed by atoms with Gasteiger partial charge in [-0.15, -0.1) is 11.6 Å². The lowest BCUT2D eigenvalue weighted by atomic mass is 10.0. The number of fused-ring (bicyclic) bond motifs is 1. The Morgan fingerprint density at radius 3 is 2.82 bits per heavy atom. The van der Waals surface area contributed by atoms with Crippen LogP contribution in [-0.2, 0) is 6.42 Å². The minimum absolute atomic E-state index is 0.291. The number of benzene rings is 1. The molecule has 1 aromatic carbocycles. The van der Waals surface area contributed by atoms with Crippen molar-refractivity contribution in [1.29, 1.82) is 0 Å². The highest BCUT2D eigenvalue weighted by Gasteiger charge is 2.06. The zero-order valence-electron chi connectivity index (χ0n) is 10.2. The zero-order chi connectivity index (χ0) is 12.1. The second kappa shape index (κ2) is 6.02. The Balaban J connectivity index is 2.13. The van der Waals surface area contributed by atoms with Gasteiger partial charge in [-0.25, -0.2) is 0 Å². The van der Waals surface area contributed by atoms with Gasteiger partial charge >= 0.3 is 0 Å². The van der Waals surface area contributed by atoms with Gasteiger partial charge in [0.25, 0.3) is 0 Å². The maximum absolute atomic E-state index is 6.26. The van der Waals surface area contributed by atoms with Crippen LogP contribution in [0.3, 0.4) is 0 Å². The topological polar surface area (TPSA) is 12.9 Å². The van der Waals surface area contributed by atoms with Gasteiger partial charge in [-0.05, 0) is 30.2 Å². The fourth-order valence-corrected chi connectivity index (χ4v) is 2.48. The Morgan fingerprint density at radius 2 is 2.00 bits per heavy atom. The standard InChI is InChI=1S/C15H18ClN/c1-2-5-14(16)9-8-13-11-17-10-12-6-3-4-7-15(12)13/h3-4,6-7,10-11,14H,2,5,8-9H2,1H3. The van der Waals surface area contributed by atoms with E-state index in [4.69, 9.17) is 11.6 Å². The first kappa shape index (κ1) is 12.4. The van der Waals surface area contributed by atoms with Crippen LogP contribution in [0.4, 0.5) is 0 Å². The van der Waals surface area contributed by atoms with E-state index in [2.05, 4.69) is 36.2 Å². The fraction of sp³-hybridized carbons (Fsp3) is 0.400. The molecule has 0 aliphatic carbocycles. The first-order valence-corrected chi connectivity index (χ1v) is 6.70. The van der Waals surface area contributed by atoms with Crippen LogP contribution in [0.1, 0.15) is 31.7 Å². The molecule has 17 heavy (non-hydrogen) atoms. The third-order valence-electron chi connectivity index (χ3n) is 3.08. The lowest BCUT2D eigenvalue weighted by Gasteiger charge is -2.09. The highest BCUT2D eigenvalue weighted by molar-refractivity contribution is 6.20. The summed E-state index contributed by atoms with van der Waals surface area (Å²) in [7, 11) is 0. The maximum atomic E-state index is 6.26. The predicted octanol–water partition coefficient (Wildman–Crippen LogP) is 4.57. The number of hydrogen-bond donors (Lipinski definition) is 0. The van der Waals surface area contributed by atoms with E-state index in [-0.39, 0.29) is 0 Å². The minimum Gasteiger partial charge on any atom is -0.264 e. The van der Waals surface area contributed by atoms with Crippen molar-refractivity contribution in [1.82, 2.24) is 4.98 Å². The third kappa shape index (κ3) is 3.19. The summed E-state index contributed by atoms with van der Waals surface area (Å²) in [5.41, 5.74) is 1.31. The molecule has 0 amide bonds. The number of rotatable bonds is 5. The highest BCUT2D eigenvalue weighted by Crippen LogP contribution is 2.20. The Kier molecular flexibility index (Phi) is 4.38. The van der Waals surface area contributed by atoms with Crippen LogP contribution in [0, 0.1) is 0 Å². The van der Waals surface area contributed by atoms with Crippen molar-refractivity contribution >= 4 is 22.4 Å². The fourth-order valence-electron chi connectivity index (χ4n) is 2.15. The summed E-state index contributed by atoms with van der Waals surface area (Å²) in [6.07, 6.45) is 8.19. The van der Waals surface area contributed by atoms with Crippen molar-refractivity contribution < 1.29 is 0 Å². The largest absolute Gasteiger partial charge is 0.264 e. The molecule has 1 aromatic heterocycles. The molecule has 2 rings (SSSR count). The molecule has 0 fully saturated rings. The summed E-state index contributed by atoms with van der Waals surface area (Å²) in [4.78, 5) is 4.29. The molecule has 0 saturated heterocycles. The van der Waals surface area contributed by atoms with E-state index >= 15 is 0 Å². The molecule has 0 N–H and O–H groups in total. The number of aryl methyl sites for hydroxylation is 1. The molecule has 1 atom stereocenters. The molecule has 90 valence electrons. The SMILES string of the molecule is CCCC(Cl)CCc1cncc2ccccc12. The van der Waals surface area contributed by atoms with Gasteiger partial charge in [0.1, 0.15) is 0 Å². The first-order chi connectivity index (χ1) is 8.31. The third-order valence-corrected chi connectivity index (χ3v) is 3.52. The molecular weight excluding hydrogens is 230 g/mol. The van der Waals surface area contributed by atoms with Gasteiger partial charge in [0, 0.05) is 23.2 Å². The Morgan fingerprint density at radius 1 is 1.18 bits per heavy atom. The van der Waals surface area contributed by atoms with Crippen LogP contribution < -0.4 is 0 Å². The molecule has 0 radical (unpaired) electrons. The van der Waals surface area contributed by atoms with Crippen LogP contribution in [0.15, 0.2) is 36.7 Å². The average Bonchev–Trinajstić information content (AvgIpc) is 2.36. The van der Waals surface area contributed by atoms with E-state index in [1.165, 1.54) is 16.3 Å². The van der Waals surface area contributed by atoms with Crippen LogP contribution in [-0.4, -0.2) is 10.4 Å². The number of pyridine rings is 1. The summed E-state index contributed by atoms with van der Waals surface area (Å²) < 4.78 is 0. The summed E-state index contributed by atoms with van der Waals surface area (Å²) in [5.74, 6) is 0. The van der Waals surface area contributed by atoms with Gasteiger partial charge in [0.15, 0.2) is 0 Å². The van der Waals surface area contributed by atoms with Crippen molar-refractivity contribution in [2.75, 3.05) is 0 Å². The molecule has 0 spiro atoms. The van der Waals surface area contributed by atoms with Gasteiger partial charge in [-0.3, -0.25) is 4.98 Å². The van der Waals surface area contributed by atoms with Crippen LogP contribution >= 0.6 is 11.6 Å². The van der Waals surface area contributed by atoms with Crippen molar-refractivity contribution in [3.05, 3.63) is 42.2 Å². The number of alkyl halides is 1. The first-order valence-electron chi connectivity index (χ1n) is 6.27. The summed E-state index contributed by atoms with van der Waals surface area (Å²) >= 11 is 6.26. The lowest BCUT2D eigenvalue weighted by Crippen LogP contribution is -2.00. The van der Waals surface area contributed by atoms with Crippen molar-refractivity contribution in [2.24, 2.45) is 0 Å². The molecule has 0 bridgehead atoms. The summed E-state index contributed by atoms with van der Waals surface area (Å²) in [6, 6.07) is 8.40. The van der Waals surface area contributed by atoms with Crippen LogP contribution in [0.2, 0.25) is 0 Å². The number of hydrogen-bond acceptors (Lipinski definition) is 1. The van der Waals surface area contributed by atoms with E-state index < -0.39 is 0 Å². The summed E-state index contributed by atoms with van der Waals surface area (Å²) in [6.45, 7) is 2.18. The molecule has 0 aliphatic rings. The monoisotopic (exact) mass is 247 g/mol. The Labute approximate surface area is 108 Å². The maximum Gasteiger partial charge on any atom is 0.0346 e. The quantitative estimate of drug-likeness (QED) is 0.705. The molecule has 2 aromatic rings. The lowest BCUT2D eigenvalue weighted by molar-refractivity contribution is 0.676. The molecular formula is C15H18ClN. The Bertz CT molecular complexity index is 476. The summed E-state index contributed by atoms with van der Waals surface area (Å²) in [5, 5.41) is 2.81. The van der Waals surface area contributed by atoms with E-state index in [1.54, 1.807) is 0 Å². The van der Waals surface area contributed by atoms with Crippen molar-refractivity contribution in [3.8, 4) is 0 Å². The smallest absolute Gasteiger partial charge is 0.0346 e. The number of nitrogens with zero attached hydrogens (tertiary/aromatic N) is 1. The van der Waals surface area contributed by atoms with Crippen molar-refractivity contribution in [2.45, 2.75) is 38.0 Å². The molecule has 1 nitrogen and oxygen atoms in total.